The number of hydrogen-bond acceptors (Lipinski definition) is 7. The number of aromatic nitrogens is 2. The number of halogens is 1. The third-order valence-electron chi connectivity index (χ3n) is 4.68. The Morgan fingerprint density at radius 2 is 1.79 bits per heavy atom. The number of nitrogens with zero attached hydrogens (tertiary/aromatic N) is 2. The molecule has 0 fully saturated rings. The molecule has 168 valence electrons. The molecule has 9 heteroatoms. The van der Waals surface area contributed by atoms with Gasteiger partial charge in [-0.2, -0.15) is 4.98 Å². The Morgan fingerprint density at radius 1 is 1.03 bits per heavy atom. The van der Waals surface area contributed by atoms with Gasteiger partial charge in [-0.25, -0.2) is 0 Å². The van der Waals surface area contributed by atoms with Gasteiger partial charge in [0.05, 0.1) is 31.2 Å². The van der Waals surface area contributed by atoms with Gasteiger partial charge in [0.1, 0.15) is 0 Å². The van der Waals surface area contributed by atoms with E-state index in [4.69, 9.17) is 25.6 Å². The fraction of sp³-hybridized carbons (Fsp3) is 0.125. The topological polar surface area (TPSA) is 86.5 Å². The number of carbonyl (C=O) groups is 1. The zero-order chi connectivity index (χ0) is 23.2. The van der Waals surface area contributed by atoms with Gasteiger partial charge in [-0.1, -0.05) is 28.9 Å². The minimum Gasteiger partial charge on any atom is -0.493 e. The van der Waals surface area contributed by atoms with Crippen molar-refractivity contribution in [2.75, 3.05) is 25.3 Å². The molecule has 1 N–H and O–H groups in total. The summed E-state index contributed by atoms with van der Waals surface area (Å²) in [4.78, 5) is 18.0. The lowest BCUT2D eigenvalue weighted by molar-refractivity contribution is -0.113. The van der Waals surface area contributed by atoms with Gasteiger partial charge >= 0.3 is 0 Å². The van der Waals surface area contributed by atoms with Gasteiger partial charge < -0.3 is 19.3 Å². The first-order valence-corrected chi connectivity index (χ1v) is 11.3. The Hall–Kier alpha value is -3.49. The lowest BCUT2D eigenvalue weighted by atomic mass is 10.1. The van der Waals surface area contributed by atoms with Gasteiger partial charge in [-0.05, 0) is 54.6 Å². The smallest absolute Gasteiger partial charge is 0.260 e. The van der Waals surface area contributed by atoms with Crippen molar-refractivity contribution in [2.45, 2.75) is 4.90 Å². The predicted molar refractivity (Wildman–Crippen MR) is 129 cm³/mol. The van der Waals surface area contributed by atoms with Crippen molar-refractivity contribution in [3.8, 4) is 34.3 Å². The fourth-order valence-electron chi connectivity index (χ4n) is 3.07. The summed E-state index contributed by atoms with van der Waals surface area (Å²) in [6.45, 7) is 0. The van der Waals surface area contributed by atoms with Gasteiger partial charge in [-0.3, -0.25) is 4.79 Å². The highest BCUT2D eigenvalue weighted by molar-refractivity contribution is 8.00. The average molecular weight is 482 g/mol. The summed E-state index contributed by atoms with van der Waals surface area (Å²) >= 11 is 7.33. The van der Waals surface area contributed by atoms with E-state index in [2.05, 4.69) is 15.5 Å². The summed E-state index contributed by atoms with van der Waals surface area (Å²) in [6.07, 6.45) is 0. The maximum Gasteiger partial charge on any atom is 0.260 e. The van der Waals surface area contributed by atoms with Gasteiger partial charge in [0, 0.05) is 15.5 Å². The number of para-hydroxylation sites is 1. The lowest BCUT2D eigenvalue weighted by Gasteiger charge is -2.08. The van der Waals surface area contributed by atoms with Crippen molar-refractivity contribution >= 4 is 35.0 Å². The Bertz CT molecular complexity index is 1260. The molecule has 0 atom stereocenters. The standard InChI is InChI=1S/C24H20ClN3O4S/c1-30-20-12-7-15(13-21(20)31-2)23-27-24(32-28-23)18-5-3-4-6-19(18)26-22(29)14-33-17-10-8-16(25)9-11-17/h3-13H,14H2,1-2H3,(H,26,29). The normalized spacial score (nSPS) is 10.6. The van der Waals surface area contributed by atoms with Crippen LogP contribution in [0.25, 0.3) is 22.8 Å². The molecule has 0 aliphatic carbocycles. The van der Waals surface area contributed by atoms with Crippen LogP contribution in [0.5, 0.6) is 11.5 Å². The molecule has 3 aromatic carbocycles. The molecule has 1 aromatic heterocycles. The van der Waals surface area contributed by atoms with E-state index < -0.39 is 0 Å². The molecule has 4 aromatic rings. The molecule has 0 aliphatic rings. The molecule has 33 heavy (non-hydrogen) atoms. The second-order valence-electron chi connectivity index (χ2n) is 6.83. The number of hydrogen-bond donors (Lipinski definition) is 1. The summed E-state index contributed by atoms with van der Waals surface area (Å²) < 4.78 is 16.1. The molecule has 4 rings (SSSR count). The second-order valence-corrected chi connectivity index (χ2v) is 8.31. The first kappa shape index (κ1) is 22.7. The SMILES string of the molecule is COc1ccc(-c2noc(-c3ccccc3NC(=O)CSc3ccc(Cl)cc3)n2)cc1OC. The molecule has 1 amide bonds. The minimum atomic E-state index is -0.151. The van der Waals surface area contributed by atoms with Crippen LogP contribution in [0.2, 0.25) is 5.02 Å². The van der Waals surface area contributed by atoms with E-state index >= 15 is 0 Å². The third-order valence-corrected chi connectivity index (χ3v) is 5.95. The number of amides is 1. The summed E-state index contributed by atoms with van der Waals surface area (Å²) in [5.74, 6) is 1.95. The predicted octanol–water partition coefficient (Wildman–Crippen LogP) is 5.81. The molecule has 0 bridgehead atoms. The second kappa shape index (κ2) is 10.4. The first-order chi connectivity index (χ1) is 16.1. The van der Waals surface area contributed by atoms with Crippen molar-refractivity contribution in [2.24, 2.45) is 0 Å². The van der Waals surface area contributed by atoms with Crippen LogP contribution < -0.4 is 14.8 Å². The molecule has 0 unspecified atom stereocenters. The van der Waals surface area contributed by atoms with Crippen molar-refractivity contribution in [3.63, 3.8) is 0 Å². The lowest BCUT2D eigenvalue weighted by Crippen LogP contribution is -2.14. The molecule has 1 heterocycles. The number of ether oxygens (including phenoxy) is 2. The molecule has 0 saturated heterocycles. The van der Waals surface area contributed by atoms with Crippen LogP contribution in [-0.2, 0) is 4.79 Å². The molecular formula is C24H20ClN3O4S. The first-order valence-electron chi connectivity index (χ1n) is 9.91. The van der Waals surface area contributed by atoms with E-state index in [9.17, 15) is 4.79 Å². The molecule has 0 aliphatic heterocycles. The van der Waals surface area contributed by atoms with E-state index in [-0.39, 0.29) is 11.7 Å². The Kier molecular flexibility index (Phi) is 7.16. The van der Waals surface area contributed by atoms with E-state index in [1.165, 1.54) is 11.8 Å². The molecule has 7 nitrogen and oxygen atoms in total. The molecule has 0 spiro atoms. The van der Waals surface area contributed by atoms with Gasteiger partial charge in [-0.15, -0.1) is 11.8 Å². The maximum atomic E-state index is 12.5. The van der Waals surface area contributed by atoms with Crippen LogP contribution in [0.3, 0.4) is 0 Å². The van der Waals surface area contributed by atoms with Gasteiger partial charge in [0.2, 0.25) is 11.7 Å². The number of benzene rings is 3. The number of thioether (sulfide) groups is 1. The van der Waals surface area contributed by atoms with E-state index in [0.717, 1.165) is 4.90 Å². The summed E-state index contributed by atoms with van der Waals surface area (Å²) in [7, 11) is 3.14. The summed E-state index contributed by atoms with van der Waals surface area (Å²) in [5, 5.41) is 7.67. The number of methoxy groups -OCH3 is 2. The molecular weight excluding hydrogens is 462 g/mol. The van der Waals surface area contributed by atoms with Crippen molar-refractivity contribution in [1.82, 2.24) is 10.1 Å². The van der Waals surface area contributed by atoms with Crippen LogP contribution in [-0.4, -0.2) is 36.0 Å². The fourth-order valence-corrected chi connectivity index (χ4v) is 3.89. The number of carbonyl (C=O) groups excluding carboxylic acids is 1. The largest absolute Gasteiger partial charge is 0.493 e. The highest BCUT2D eigenvalue weighted by Crippen LogP contribution is 2.33. The minimum absolute atomic E-state index is 0.151. The van der Waals surface area contributed by atoms with Crippen LogP contribution in [0.15, 0.2) is 76.1 Å². The number of nitrogens with one attached hydrogen (secondary N) is 1. The van der Waals surface area contributed by atoms with Crippen molar-refractivity contribution in [3.05, 3.63) is 71.8 Å². The summed E-state index contributed by atoms with van der Waals surface area (Å²) in [5.41, 5.74) is 1.92. The van der Waals surface area contributed by atoms with E-state index in [1.807, 2.05) is 36.4 Å². The average Bonchev–Trinajstić information content (AvgIpc) is 3.33. The van der Waals surface area contributed by atoms with Gasteiger partial charge in [0.15, 0.2) is 11.5 Å². The quantitative estimate of drug-likeness (QED) is 0.318. The Morgan fingerprint density at radius 3 is 2.55 bits per heavy atom. The third kappa shape index (κ3) is 5.47. The van der Waals surface area contributed by atoms with Crippen LogP contribution in [0, 0.1) is 0 Å². The Labute approximate surface area is 200 Å². The Balaban J connectivity index is 1.50. The highest BCUT2D eigenvalue weighted by atomic mass is 35.5. The molecule has 0 radical (unpaired) electrons. The van der Waals surface area contributed by atoms with Crippen molar-refractivity contribution < 1.29 is 18.8 Å². The monoisotopic (exact) mass is 481 g/mol. The van der Waals surface area contributed by atoms with Gasteiger partial charge in [0.25, 0.3) is 5.89 Å². The van der Waals surface area contributed by atoms with E-state index in [0.29, 0.717) is 45.1 Å². The zero-order valence-electron chi connectivity index (χ0n) is 17.9. The number of rotatable bonds is 8. The van der Waals surface area contributed by atoms with Crippen LogP contribution in [0.4, 0.5) is 5.69 Å². The molecule has 0 saturated carbocycles. The summed E-state index contributed by atoms with van der Waals surface area (Å²) in [6, 6.07) is 20.0. The van der Waals surface area contributed by atoms with E-state index in [1.54, 1.807) is 44.6 Å². The zero-order valence-corrected chi connectivity index (χ0v) is 19.4. The van der Waals surface area contributed by atoms with Crippen molar-refractivity contribution in [1.29, 1.82) is 0 Å². The maximum absolute atomic E-state index is 12.5. The van der Waals surface area contributed by atoms with Crippen LogP contribution >= 0.6 is 23.4 Å². The number of anilines is 1. The highest BCUT2D eigenvalue weighted by Gasteiger charge is 2.17. The van der Waals surface area contributed by atoms with Crippen LogP contribution in [0.1, 0.15) is 0 Å².